The van der Waals surface area contributed by atoms with E-state index in [1.54, 1.807) is 0 Å². The molecule has 5 heteroatoms. The average molecular weight is 305 g/mol. The topological polar surface area (TPSA) is 29.1 Å². The second-order valence-corrected chi connectivity index (χ2v) is 4.66. The first-order valence-electron chi connectivity index (χ1n) is 6.62. The first kappa shape index (κ1) is 15.8. The molecule has 0 heterocycles. The van der Waals surface area contributed by atoms with Crippen molar-refractivity contribution in [3.63, 3.8) is 0 Å². The minimum Gasteiger partial charge on any atom is -0.348 e. The number of benzene rings is 2. The number of carbonyl (C=O) groups is 1. The van der Waals surface area contributed by atoms with Crippen LogP contribution in [0.2, 0.25) is 0 Å². The number of alkyl halides is 3. The minimum absolute atomic E-state index is 0.324. The first-order chi connectivity index (χ1) is 10.4. The number of rotatable bonds is 4. The van der Waals surface area contributed by atoms with Crippen LogP contribution in [-0.2, 0) is 17.5 Å². The van der Waals surface area contributed by atoms with Crippen LogP contribution in [0, 0.1) is 0 Å². The number of amides is 1. The van der Waals surface area contributed by atoms with E-state index in [1.165, 1.54) is 24.3 Å². The molecule has 0 aliphatic rings. The van der Waals surface area contributed by atoms with Crippen molar-refractivity contribution in [2.75, 3.05) is 0 Å². The van der Waals surface area contributed by atoms with Gasteiger partial charge in [0.15, 0.2) is 0 Å². The average Bonchev–Trinajstić information content (AvgIpc) is 2.51. The summed E-state index contributed by atoms with van der Waals surface area (Å²) >= 11 is 0. The zero-order chi connectivity index (χ0) is 16.0. The minimum atomic E-state index is -4.39. The van der Waals surface area contributed by atoms with Gasteiger partial charge in [-0.1, -0.05) is 42.5 Å². The molecule has 0 saturated heterocycles. The number of halogens is 3. The van der Waals surface area contributed by atoms with Gasteiger partial charge in [0.1, 0.15) is 0 Å². The molecule has 22 heavy (non-hydrogen) atoms. The highest BCUT2D eigenvalue weighted by Crippen LogP contribution is 2.29. The Bertz CT molecular complexity index is 663. The van der Waals surface area contributed by atoms with Crippen LogP contribution in [0.4, 0.5) is 13.2 Å². The summed E-state index contributed by atoms with van der Waals surface area (Å²) in [7, 11) is 0. The highest BCUT2D eigenvalue weighted by molar-refractivity contribution is 5.91. The van der Waals surface area contributed by atoms with Crippen molar-refractivity contribution in [1.29, 1.82) is 0 Å². The normalized spacial score (nSPS) is 11.6. The van der Waals surface area contributed by atoms with E-state index in [0.717, 1.165) is 17.7 Å². The molecule has 0 atom stereocenters. The Hall–Kier alpha value is -2.56. The Kier molecular flexibility index (Phi) is 4.99. The van der Waals surface area contributed by atoms with Crippen LogP contribution in [-0.4, -0.2) is 5.91 Å². The molecule has 0 fully saturated rings. The summed E-state index contributed by atoms with van der Waals surface area (Å²) in [4.78, 5) is 11.7. The highest BCUT2D eigenvalue weighted by atomic mass is 19.4. The predicted molar refractivity (Wildman–Crippen MR) is 78.8 cm³/mol. The summed E-state index contributed by atoms with van der Waals surface area (Å²) in [5.74, 6) is -0.360. The van der Waals surface area contributed by atoms with Crippen LogP contribution < -0.4 is 5.32 Å². The van der Waals surface area contributed by atoms with E-state index in [9.17, 15) is 18.0 Å². The summed E-state index contributed by atoms with van der Waals surface area (Å²) in [6, 6.07) is 14.2. The molecule has 0 unspecified atom stereocenters. The largest absolute Gasteiger partial charge is 0.416 e. The first-order valence-corrected chi connectivity index (χ1v) is 6.62. The van der Waals surface area contributed by atoms with Gasteiger partial charge < -0.3 is 5.32 Å². The van der Waals surface area contributed by atoms with Gasteiger partial charge in [0.2, 0.25) is 5.91 Å². The molecular weight excluding hydrogens is 291 g/mol. The van der Waals surface area contributed by atoms with Crippen molar-refractivity contribution in [3.8, 4) is 0 Å². The smallest absolute Gasteiger partial charge is 0.348 e. The third kappa shape index (κ3) is 4.77. The van der Waals surface area contributed by atoms with Gasteiger partial charge in [-0.25, -0.2) is 0 Å². The van der Waals surface area contributed by atoms with Crippen molar-refractivity contribution in [2.24, 2.45) is 0 Å². The Morgan fingerprint density at radius 2 is 1.77 bits per heavy atom. The van der Waals surface area contributed by atoms with E-state index < -0.39 is 11.7 Å². The molecule has 2 rings (SSSR count). The molecular formula is C17H14F3NO. The monoisotopic (exact) mass is 305 g/mol. The second-order valence-electron chi connectivity index (χ2n) is 4.66. The lowest BCUT2D eigenvalue weighted by molar-refractivity contribution is -0.137. The van der Waals surface area contributed by atoms with Crippen LogP contribution in [0.1, 0.15) is 16.7 Å². The van der Waals surface area contributed by atoms with Crippen LogP contribution in [0.3, 0.4) is 0 Å². The molecule has 2 nitrogen and oxygen atoms in total. The Morgan fingerprint density at radius 1 is 1.05 bits per heavy atom. The molecule has 0 saturated carbocycles. The maximum atomic E-state index is 12.6. The SMILES string of the molecule is O=C(/C=C/c1cccc(C(F)(F)F)c1)NCc1ccccc1. The summed E-state index contributed by atoms with van der Waals surface area (Å²) in [6.45, 7) is 0.368. The zero-order valence-electron chi connectivity index (χ0n) is 11.6. The van der Waals surface area contributed by atoms with Gasteiger partial charge in [0.05, 0.1) is 5.56 Å². The lowest BCUT2D eigenvalue weighted by Gasteiger charge is -2.06. The fourth-order valence-corrected chi connectivity index (χ4v) is 1.83. The highest BCUT2D eigenvalue weighted by Gasteiger charge is 2.30. The van der Waals surface area contributed by atoms with Crippen LogP contribution >= 0.6 is 0 Å². The molecule has 114 valence electrons. The van der Waals surface area contributed by atoms with Crippen molar-refractivity contribution >= 4 is 12.0 Å². The lowest BCUT2D eigenvalue weighted by Crippen LogP contribution is -2.20. The number of hydrogen-bond acceptors (Lipinski definition) is 1. The van der Waals surface area contributed by atoms with Gasteiger partial charge in [-0.3, -0.25) is 4.79 Å². The molecule has 1 N–H and O–H groups in total. The van der Waals surface area contributed by atoms with Crippen molar-refractivity contribution in [1.82, 2.24) is 5.32 Å². The van der Waals surface area contributed by atoms with E-state index in [0.29, 0.717) is 12.1 Å². The van der Waals surface area contributed by atoms with E-state index in [4.69, 9.17) is 0 Å². The van der Waals surface area contributed by atoms with E-state index in [-0.39, 0.29) is 5.91 Å². The summed E-state index contributed by atoms with van der Waals surface area (Å²) in [5.41, 5.74) is 0.535. The molecule has 0 spiro atoms. The molecule has 1 amide bonds. The molecule has 0 aliphatic carbocycles. The van der Waals surface area contributed by atoms with Gasteiger partial charge in [0, 0.05) is 12.6 Å². The zero-order valence-corrected chi connectivity index (χ0v) is 11.6. The quantitative estimate of drug-likeness (QED) is 0.849. The van der Waals surface area contributed by atoms with E-state index in [1.807, 2.05) is 30.3 Å². The van der Waals surface area contributed by atoms with Gasteiger partial charge in [-0.05, 0) is 29.3 Å². The molecule has 0 aliphatic heterocycles. The Morgan fingerprint density at radius 3 is 2.45 bits per heavy atom. The molecule has 0 aromatic heterocycles. The van der Waals surface area contributed by atoms with E-state index in [2.05, 4.69) is 5.32 Å². The Balaban J connectivity index is 1.95. The Labute approximate surface area is 126 Å². The summed E-state index contributed by atoms with van der Waals surface area (Å²) < 4.78 is 37.7. The van der Waals surface area contributed by atoms with Gasteiger partial charge in [-0.15, -0.1) is 0 Å². The molecule has 0 radical (unpaired) electrons. The van der Waals surface area contributed by atoms with Crippen LogP contribution in [0.25, 0.3) is 6.08 Å². The number of nitrogens with one attached hydrogen (secondary N) is 1. The number of carbonyl (C=O) groups excluding carboxylic acids is 1. The van der Waals surface area contributed by atoms with Gasteiger partial charge in [-0.2, -0.15) is 13.2 Å². The predicted octanol–water partition coefficient (Wildman–Crippen LogP) is 4.04. The standard InChI is InChI=1S/C17H14F3NO/c18-17(19,20)15-8-4-7-13(11-15)9-10-16(22)21-12-14-5-2-1-3-6-14/h1-11H,12H2,(H,21,22)/b10-9+. The molecule has 2 aromatic carbocycles. The number of hydrogen-bond donors (Lipinski definition) is 1. The van der Waals surface area contributed by atoms with Crippen LogP contribution in [0.5, 0.6) is 0 Å². The summed E-state index contributed by atoms with van der Waals surface area (Å²) in [5, 5.41) is 2.67. The van der Waals surface area contributed by atoms with Crippen LogP contribution in [0.15, 0.2) is 60.7 Å². The maximum absolute atomic E-state index is 12.6. The summed E-state index contributed by atoms with van der Waals surface area (Å²) in [6.07, 6.45) is -1.81. The maximum Gasteiger partial charge on any atom is 0.416 e. The second kappa shape index (κ2) is 6.93. The van der Waals surface area contributed by atoms with E-state index >= 15 is 0 Å². The molecule has 2 aromatic rings. The van der Waals surface area contributed by atoms with Gasteiger partial charge in [0.25, 0.3) is 0 Å². The molecule has 0 bridgehead atoms. The van der Waals surface area contributed by atoms with Crippen molar-refractivity contribution < 1.29 is 18.0 Å². The fraction of sp³-hybridized carbons (Fsp3) is 0.118. The lowest BCUT2D eigenvalue weighted by atomic mass is 10.1. The third-order valence-corrected chi connectivity index (χ3v) is 2.95. The fourth-order valence-electron chi connectivity index (χ4n) is 1.83. The van der Waals surface area contributed by atoms with Crippen molar-refractivity contribution in [3.05, 3.63) is 77.4 Å². The third-order valence-electron chi connectivity index (χ3n) is 2.95. The van der Waals surface area contributed by atoms with Crippen molar-refractivity contribution in [2.45, 2.75) is 12.7 Å². The van der Waals surface area contributed by atoms with Gasteiger partial charge >= 0.3 is 6.18 Å².